The number of carbonyl (C=O) groups is 3. The smallest absolute Gasteiger partial charge is 0.339 e. The topological polar surface area (TPSA) is 121 Å². The maximum atomic E-state index is 10.5. The Morgan fingerprint density at radius 3 is 1.79 bits per heavy atom. The van der Waals surface area contributed by atoms with Crippen LogP contribution >= 0.6 is 0 Å². The second-order valence-corrected chi connectivity index (χ2v) is 3.29. The highest BCUT2D eigenvalue weighted by atomic mass is 16.5. The van der Waals surface area contributed by atoms with Gasteiger partial charge in [0.1, 0.15) is 11.3 Å². The van der Waals surface area contributed by atoms with Crippen molar-refractivity contribution in [2.24, 2.45) is 0 Å². The lowest BCUT2D eigenvalue weighted by atomic mass is 10.2. The van der Waals surface area contributed by atoms with E-state index in [2.05, 4.69) is 0 Å². The van der Waals surface area contributed by atoms with E-state index in [1.807, 2.05) is 0 Å². The second kappa shape index (κ2) is 8.51. The van der Waals surface area contributed by atoms with Crippen LogP contribution in [0.4, 0.5) is 0 Å². The minimum Gasteiger partial charge on any atom is -0.496 e. The van der Waals surface area contributed by atoms with Gasteiger partial charge in [-0.15, -0.1) is 0 Å². The summed E-state index contributed by atoms with van der Waals surface area (Å²) in [5, 5.41) is 24.4. The molecule has 0 aromatic heterocycles. The van der Waals surface area contributed by atoms with Crippen LogP contribution in [0.3, 0.4) is 0 Å². The van der Waals surface area contributed by atoms with Crippen molar-refractivity contribution in [2.45, 2.75) is 12.8 Å². The summed E-state index contributed by atoms with van der Waals surface area (Å²) in [4.78, 5) is 29.8. The molecule has 19 heavy (non-hydrogen) atoms. The van der Waals surface area contributed by atoms with Crippen LogP contribution in [0.15, 0.2) is 24.3 Å². The number of carboxylic acids is 3. The van der Waals surface area contributed by atoms with Crippen molar-refractivity contribution in [1.82, 2.24) is 0 Å². The quantitative estimate of drug-likeness (QED) is 0.737. The van der Waals surface area contributed by atoms with Crippen LogP contribution in [0, 0.1) is 0 Å². The Kier molecular flexibility index (Phi) is 7.36. The summed E-state index contributed by atoms with van der Waals surface area (Å²) in [5.41, 5.74) is 0.190. The van der Waals surface area contributed by atoms with Crippen molar-refractivity contribution in [3.05, 3.63) is 29.8 Å². The molecule has 0 saturated heterocycles. The predicted molar refractivity (Wildman–Crippen MR) is 64.5 cm³/mol. The van der Waals surface area contributed by atoms with E-state index in [9.17, 15) is 14.4 Å². The second-order valence-electron chi connectivity index (χ2n) is 3.29. The molecule has 3 N–H and O–H groups in total. The molecule has 1 rings (SSSR count). The maximum Gasteiger partial charge on any atom is 0.339 e. The Morgan fingerprint density at radius 2 is 1.47 bits per heavy atom. The van der Waals surface area contributed by atoms with Crippen molar-refractivity contribution in [3.8, 4) is 5.75 Å². The van der Waals surface area contributed by atoms with E-state index in [1.165, 1.54) is 13.2 Å². The summed E-state index contributed by atoms with van der Waals surface area (Å²) in [6.45, 7) is 0. The van der Waals surface area contributed by atoms with Crippen LogP contribution in [-0.4, -0.2) is 40.3 Å². The fourth-order valence-electron chi connectivity index (χ4n) is 1.04. The molecule has 0 fully saturated rings. The third kappa shape index (κ3) is 7.37. The van der Waals surface area contributed by atoms with Gasteiger partial charge in [0, 0.05) is 0 Å². The fourth-order valence-corrected chi connectivity index (χ4v) is 1.04. The van der Waals surface area contributed by atoms with Crippen LogP contribution in [0.1, 0.15) is 23.2 Å². The van der Waals surface area contributed by atoms with Gasteiger partial charge in [-0.1, -0.05) is 12.1 Å². The lowest BCUT2D eigenvalue weighted by molar-refractivity contribution is -0.143. The van der Waals surface area contributed by atoms with Crippen LogP contribution in [0.5, 0.6) is 5.75 Å². The first-order valence-electron chi connectivity index (χ1n) is 5.18. The van der Waals surface area contributed by atoms with E-state index in [4.69, 9.17) is 20.1 Å². The predicted octanol–water partition coefficient (Wildman–Crippen LogP) is 1.33. The van der Waals surface area contributed by atoms with Gasteiger partial charge in [-0.25, -0.2) is 4.79 Å². The van der Waals surface area contributed by atoms with Crippen LogP contribution in [0.25, 0.3) is 0 Å². The van der Waals surface area contributed by atoms with Crippen molar-refractivity contribution in [1.29, 1.82) is 0 Å². The first kappa shape index (κ1) is 16.4. The normalized spacial score (nSPS) is 8.89. The molecule has 0 aliphatic carbocycles. The summed E-state index contributed by atoms with van der Waals surface area (Å²) < 4.78 is 4.83. The molecule has 0 spiro atoms. The van der Waals surface area contributed by atoms with E-state index in [0.29, 0.717) is 5.75 Å². The van der Waals surface area contributed by atoms with Crippen LogP contribution in [0.2, 0.25) is 0 Å². The van der Waals surface area contributed by atoms with Gasteiger partial charge in [0.25, 0.3) is 0 Å². The van der Waals surface area contributed by atoms with Gasteiger partial charge < -0.3 is 20.1 Å². The average Bonchev–Trinajstić information content (AvgIpc) is 2.37. The van der Waals surface area contributed by atoms with E-state index in [-0.39, 0.29) is 18.4 Å². The number of aromatic carboxylic acids is 1. The molecule has 0 aliphatic rings. The maximum absolute atomic E-state index is 10.5. The molecular formula is C12H14O7. The Hall–Kier alpha value is -2.57. The zero-order valence-electron chi connectivity index (χ0n) is 10.2. The molecule has 0 amide bonds. The van der Waals surface area contributed by atoms with Crippen LogP contribution in [-0.2, 0) is 9.59 Å². The summed E-state index contributed by atoms with van der Waals surface area (Å²) >= 11 is 0. The van der Waals surface area contributed by atoms with Crippen LogP contribution < -0.4 is 4.74 Å². The first-order chi connectivity index (χ1) is 8.88. The molecule has 1 aromatic carbocycles. The number of hydrogen-bond donors (Lipinski definition) is 3. The molecule has 0 saturated carbocycles. The molecule has 0 unspecified atom stereocenters. The Balaban J connectivity index is 0.000000362. The average molecular weight is 270 g/mol. The molecule has 0 radical (unpaired) electrons. The minimum atomic E-state index is -1.08. The molecular weight excluding hydrogens is 256 g/mol. The zero-order chi connectivity index (χ0) is 14.8. The minimum absolute atomic E-state index is 0.190. The standard InChI is InChI=1S/C8H8O3.C4H6O4/c1-11-7-5-3-2-4-6(7)8(9)10;5-3(6)1-2-4(7)8/h2-5H,1H3,(H,9,10);1-2H2,(H,5,6)(H,7,8). The highest BCUT2D eigenvalue weighted by molar-refractivity contribution is 5.90. The summed E-state index contributed by atoms with van der Waals surface area (Å²) in [7, 11) is 1.45. The number of benzene rings is 1. The number of para-hydroxylation sites is 1. The fraction of sp³-hybridized carbons (Fsp3) is 0.250. The molecule has 104 valence electrons. The number of hydrogen-bond acceptors (Lipinski definition) is 4. The van der Waals surface area contributed by atoms with Gasteiger partial charge in [0.2, 0.25) is 0 Å². The Morgan fingerprint density at radius 1 is 1.00 bits per heavy atom. The molecule has 0 heterocycles. The van der Waals surface area contributed by atoms with Gasteiger partial charge >= 0.3 is 17.9 Å². The third-order valence-corrected chi connectivity index (χ3v) is 1.89. The molecule has 0 bridgehead atoms. The highest BCUT2D eigenvalue weighted by Crippen LogP contribution is 2.16. The Labute approximate surface area is 109 Å². The number of carboxylic acid groups (broad SMARTS) is 3. The summed E-state index contributed by atoms with van der Waals surface area (Å²) in [6.07, 6.45) is -0.593. The third-order valence-electron chi connectivity index (χ3n) is 1.89. The van der Waals surface area contributed by atoms with E-state index in [0.717, 1.165) is 0 Å². The number of methoxy groups -OCH3 is 1. The molecule has 0 atom stereocenters. The van der Waals surface area contributed by atoms with Gasteiger partial charge in [-0.3, -0.25) is 9.59 Å². The number of ether oxygens (including phenoxy) is 1. The Bertz CT molecular complexity index is 439. The highest BCUT2D eigenvalue weighted by Gasteiger charge is 2.07. The number of rotatable bonds is 5. The van der Waals surface area contributed by atoms with E-state index < -0.39 is 17.9 Å². The lowest BCUT2D eigenvalue weighted by Crippen LogP contribution is -2.00. The lowest BCUT2D eigenvalue weighted by Gasteiger charge is -2.01. The molecule has 1 aromatic rings. The van der Waals surface area contributed by atoms with Crippen molar-refractivity contribution >= 4 is 17.9 Å². The van der Waals surface area contributed by atoms with Gasteiger partial charge in [-0.05, 0) is 12.1 Å². The molecule has 0 aliphatic heterocycles. The first-order valence-corrected chi connectivity index (χ1v) is 5.18. The molecule has 7 heteroatoms. The van der Waals surface area contributed by atoms with Gasteiger partial charge in [-0.2, -0.15) is 0 Å². The summed E-state index contributed by atoms with van der Waals surface area (Å²) in [6, 6.07) is 6.50. The van der Waals surface area contributed by atoms with Crippen molar-refractivity contribution in [3.63, 3.8) is 0 Å². The largest absolute Gasteiger partial charge is 0.496 e. The van der Waals surface area contributed by atoms with E-state index in [1.54, 1.807) is 18.2 Å². The van der Waals surface area contributed by atoms with E-state index >= 15 is 0 Å². The monoisotopic (exact) mass is 270 g/mol. The number of aliphatic carboxylic acids is 2. The van der Waals surface area contributed by atoms with Crippen molar-refractivity contribution in [2.75, 3.05) is 7.11 Å². The molecule has 7 nitrogen and oxygen atoms in total. The van der Waals surface area contributed by atoms with Crippen molar-refractivity contribution < 1.29 is 34.4 Å². The SMILES string of the molecule is COc1ccccc1C(=O)O.O=C(O)CCC(=O)O. The summed E-state index contributed by atoms with van der Waals surface area (Å²) in [5.74, 6) is -2.73. The van der Waals surface area contributed by atoms with Gasteiger partial charge in [0.05, 0.1) is 20.0 Å². The van der Waals surface area contributed by atoms with Gasteiger partial charge in [0.15, 0.2) is 0 Å². The zero-order valence-corrected chi connectivity index (χ0v) is 10.2.